The van der Waals surface area contributed by atoms with Gasteiger partial charge in [-0.05, 0) is 54.8 Å². The van der Waals surface area contributed by atoms with E-state index >= 15 is 0 Å². The van der Waals surface area contributed by atoms with Crippen molar-refractivity contribution in [3.05, 3.63) is 75.6 Å². The van der Waals surface area contributed by atoms with Crippen LogP contribution >= 0.6 is 0 Å². The van der Waals surface area contributed by atoms with E-state index in [4.69, 9.17) is 0 Å². The van der Waals surface area contributed by atoms with Crippen LogP contribution in [0.4, 0.5) is 10.1 Å². The molecule has 0 unspecified atom stereocenters. The summed E-state index contributed by atoms with van der Waals surface area (Å²) < 4.78 is 13.0. The largest absolute Gasteiger partial charge is 0.273 e. The Bertz CT molecular complexity index is 801. The molecule has 1 heterocycles. The van der Waals surface area contributed by atoms with Crippen LogP contribution in [0.2, 0.25) is 0 Å². The predicted molar refractivity (Wildman–Crippen MR) is 86.3 cm³/mol. The van der Waals surface area contributed by atoms with Crippen LogP contribution in [0.3, 0.4) is 0 Å². The fourth-order valence-electron chi connectivity index (χ4n) is 2.51. The second kappa shape index (κ2) is 6.57. The van der Waals surface area contributed by atoms with E-state index in [1.165, 1.54) is 41.4 Å². The zero-order valence-corrected chi connectivity index (χ0v) is 12.7. The molecule has 0 fully saturated rings. The Kier molecular flexibility index (Phi) is 4.33. The number of carbonyl (C=O) groups excluding carboxylic acids is 1. The number of hydrazone groups is 1. The van der Waals surface area contributed by atoms with Crippen molar-refractivity contribution in [1.82, 2.24) is 5.01 Å². The number of nitrogens with zero attached hydrogens (tertiary/aromatic N) is 3. The highest BCUT2D eigenvalue weighted by atomic mass is 19.1. The fraction of sp³-hybridized carbons (Fsp3) is 0.176. The molecule has 24 heavy (non-hydrogen) atoms. The molecule has 2 aromatic carbocycles. The minimum atomic E-state index is -0.461. The van der Waals surface area contributed by atoms with Crippen molar-refractivity contribution >= 4 is 17.3 Å². The lowest BCUT2D eigenvalue weighted by Gasteiger charge is -2.23. The lowest BCUT2D eigenvalue weighted by Crippen LogP contribution is -2.32. The van der Waals surface area contributed by atoms with E-state index in [-0.39, 0.29) is 11.6 Å². The van der Waals surface area contributed by atoms with Gasteiger partial charge >= 0.3 is 0 Å². The first-order chi connectivity index (χ1) is 11.5. The number of rotatable bonds is 3. The molecule has 7 heteroatoms. The van der Waals surface area contributed by atoms with Gasteiger partial charge in [-0.1, -0.05) is 0 Å². The van der Waals surface area contributed by atoms with E-state index in [0.717, 1.165) is 12.0 Å². The van der Waals surface area contributed by atoms with E-state index in [0.29, 0.717) is 24.2 Å². The molecule has 2 aromatic rings. The van der Waals surface area contributed by atoms with Gasteiger partial charge in [0.15, 0.2) is 0 Å². The molecule has 1 aliphatic heterocycles. The maximum Gasteiger partial charge on any atom is 0.273 e. The van der Waals surface area contributed by atoms with Crippen LogP contribution in [-0.4, -0.2) is 28.1 Å². The molecule has 0 bridgehead atoms. The second-order valence-electron chi connectivity index (χ2n) is 5.39. The number of amides is 1. The first-order valence-corrected chi connectivity index (χ1v) is 7.44. The maximum atomic E-state index is 13.0. The van der Waals surface area contributed by atoms with Crippen molar-refractivity contribution in [3.63, 3.8) is 0 Å². The van der Waals surface area contributed by atoms with Crippen molar-refractivity contribution in [2.45, 2.75) is 12.8 Å². The van der Waals surface area contributed by atoms with Gasteiger partial charge in [0.2, 0.25) is 0 Å². The number of non-ortho nitro benzene ring substituents is 1. The molecule has 0 radical (unpaired) electrons. The molecule has 0 atom stereocenters. The predicted octanol–water partition coefficient (Wildman–Crippen LogP) is 3.37. The van der Waals surface area contributed by atoms with Gasteiger partial charge in [-0.2, -0.15) is 5.10 Å². The third-order valence-corrected chi connectivity index (χ3v) is 3.76. The molecular formula is C17H14FN3O3. The highest BCUT2D eigenvalue weighted by Gasteiger charge is 2.21. The number of carbonyl (C=O) groups is 1. The Balaban J connectivity index is 1.83. The summed E-state index contributed by atoms with van der Waals surface area (Å²) in [6.07, 6.45) is 1.42. The third kappa shape index (κ3) is 3.29. The van der Waals surface area contributed by atoms with Crippen LogP contribution in [0.1, 0.15) is 28.8 Å². The number of benzene rings is 2. The summed E-state index contributed by atoms with van der Waals surface area (Å²) in [5, 5.41) is 16.4. The van der Waals surface area contributed by atoms with Crippen molar-refractivity contribution in [2.75, 3.05) is 6.54 Å². The number of halogens is 1. The first-order valence-electron chi connectivity index (χ1n) is 7.44. The zero-order valence-electron chi connectivity index (χ0n) is 12.7. The van der Waals surface area contributed by atoms with Crippen LogP contribution in [0, 0.1) is 15.9 Å². The SMILES string of the molecule is O=C(c1ccc(F)cc1)N1CCCC(c2ccc([N+](=O)[O-])cc2)=N1. The summed E-state index contributed by atoms with van der Waals surface area (Å²) in [6.45, 7) is 0.479. The molecule has 0 aliphatic carbocycles. The van der Waals surface area contributed by atoms with Crippen LogP contribution in [0.5, 0.6) is 0 Å². The molecule has 1 aliphatic rings. The van der Waals surface area contributed by atoms with Gasteiger partial charge in [0.05, 0.1) is 10.6 Å². The Morgan fingerprint density at radius 2 is 1.79 bits per heavy atom. The Hall–Kier alpha value is -3.09. The van der Waals surface area contributed by atoms with E-state index in [9.17, 15) is 19.3 Å². The fourth-order valence-corrected chi connectivity index (χ4v) is 2.51. The zero-order chi connectivity index (χ0) is 17.1. The molecule has 0 N–H and O–H groups in total. The van der Waals surface area contributed by atoms with E-state index in [2.05, 4.69) is 5.10 Å². The lowest BCUT2D eigenvalue weighted by molar-refractivity contribution is -0.384. The summed E-state index contributed by atoms with van der Waals surface area (Å²) in [4.78, 5) is 22.7. The number of nitro groups is 1. The molecular weight excluding hydrogens is 313 g/mol. The van der Waals surface area contributed by atoms with Gasteiger partial charge in [-0.25, -0.2) is 9.40 Å². The molecule has 0 spiro atoms. The second-order valence-corrected chi connectivity index (χ2v) is 5.39. The lowest BCUT2D eigenvalue weighted by atomic mass is 10.0. The van der Waals surface area contributed by atoms with Crippen LogP contribution < -0.4 is 0 Å². The van der Waals surface area contributed by atoms with Crippen LogP contribution in [0.15, 0.2) is 53.6 Å². The number of hydrogen-bond acceptors (Lipinski definition) is 4. The summed E-state index contributed by atoms with van der Waals surface area (Å²) in [5.41, 5.74) is 1.82. The van der Waals surface area contributed by atoms with E-state index in [1.807, 2.05) is 0 Å². The molecule has 0 saturated heterocycles. The van der Waals surface area contributed by atoms with Crippen LogP contribution in [-0.2, 0) is 0 Å². The normalized spacial score (nSPS) is 14.2. The highest BCUT2D eigenvalue weighted by Crippen LogP contribution is 2.19. The molecule has 1 amide bonds. The van der Waals surface area contributed by atoms with Gasteiger partial charge in [-0.15, -0.1) is 0 Å². The monoisotopic (exact) mass is 327 g/mol. The van der Waals surface area contributed by atoms with Gasteiger partial charge in [0.1, 0.15) is 5.82 Å². The molecule has 3 rings (SSSR count). The average Bonchev–Trinajstić information content (AvgIpc) is 2.62. The average molecular weight is 327 g/mol. The minimum Gasteiger partial charge on any atom is -0.267 e. The van der Waals surface area contributed by atoms with Gasteiger partial charge in [0, 0.05) is 24.2 Å². The number of nitro benzene ring substituents is 1. The van der Waals surface area contributed by atoms with E-state index < -0.39 is 10.7 Å². The summed E-state index contributed by atoms with van der Waals surface area (Å²) in [7, 11) is 0. The third-order valence-electron chi connectivity index (χ3n) is 3.76. The van der Waals surface area contributed by atoms with E-state index in [1.54, 1.807) is 12.1 Å². The van der Waals surface area contributed by atoms with Crippen molar-refractivity contribution in [3.8, 4) is 0 Å². The Morgan fingerprint density at radius 3 is 2.42 bits per heavy atom. The quantitative estimate of drug-likeness (QED) is 0.640. The summed E-state index contributed by atoms with van der Waals surface area (Å²) >= 11 is 0. The van der Waals surface area contributed by atoms with Crippen molar-refractivity contribution in [2.24, 2.45) is 5.10 Å². The van der Waals surface area contributed by atoms with Gasteiger partial charge < -0.3 is 0 Å². The molecule has 122 valence electrons. The first kappa shape index (κ1) is 15.8. The van der Waals surface area contributed by atoms with Crippen LogP contribution in [0.25, 0.3) is 0 Å². The smallest absolute Gasteiger partial charge is 0.267 e. The maximum absolute atomic E-state index is 13.0. The standard InChI is InChI=1S/C17H14FN3O3/c18-14-7-3-13(4-8-14)17(22)20-11-1-2-16(19-20)12-5-9-15(10-6-12)21(23)24/h3-10H,1-2,11H2. The molecule has 0 aromatic heterocycles. The van der Waals surface area contributed by atoms with Crippen molar-refractivity contribution in [1.29, 1.82) is 0 Å². The Morgan fingerprint density at radius 1 is 1.12 bits per heavy atom. The van der Waals surface area contributed by atoms with Gasteiger partial charge in [0.25, 0.3) is 11.6 Å². The molecule has 0 saturated carbocycles. The molecule has 6 nitrogen and oxygen atoms in total. The van der Waals surface area contributed by atoms with Gasteiger partial charge in [-0.3, -0.25) is 14.9 Å². The summed E-state index contributed by atoms with van der Waals surface area (Å²) in [5.74, 6) is -0.700. The minimum absolute atomic E-state index is 0.00871. The summed E-state index contributed by atoms with van der Waals surface area (Å²) in [6, 6.07) is 11.4. The number of hydrogen-bond donors (Lipinski definition) is 0. The highest BCUT2D eigenvalue weighted by molar-refractivity contribution is 6.03. The topological polar surface area (TPSA) is 75.8 Å². The van der Waals surface area contributed by atoms with Crippen molar-refractivity contribution < 1.29 is 14.1 Å². The Labute approximate surface area is 137 Å².